The van der Waals surface area contributed by atoms with E-state index in [9.17, 15) is 19.6 Å². The lowest BCUT2D eigenvalue weighted by Crippen LogP contribution is -2.34. The highest BCUT2D eigenvalue weighted by Crippen LogP contribution is 2.22. The Morgan fingerprint density at radius 2 is 1.69 bits per heavy atom. The molecule has 178 valence electrons. The lowest BCUT2D eigenvalue weighted by Gasteiger charge is -2.06. The number of nitrogens with zero attached hydrogens (tertiary/aromatic N) is 1. The predicted molar refractivity (Wildman–Crippen MR) is 131 cm³/mol. The molecule has 35 heavy (non-hydrogen) atoms. The Balaban J connectivity index is 1.58. The molecule has 3 rings (SSSR count). The standard InChI is InChI=1S/C24H18Cl2N4O5/c1-34-19-4-2-3-17(11-19)29-22(31)14(12-27)7-20-5-6-21(35-20)13-28-23(32)24(33)30-18-9-15(25)8-16(26)10-18/h2-11H,13H2,1H3,(H,28,32)(H,29,31)(H,30,33)/b14-7-. The van der Waals surface area contributed by atoms with Gasteiger partial charge in [-0.3, -0.25) is 14.4 Å². The molecule has 0 aliphatic rings. The second-order valence-electron chi connectivity index (χ2n) is 6.95. The Morgan fingerprint density at radius 3 is 2.37 bits per heavy atom. The highest BCUT2D eigenvalue weighted by atomic mass is 35.5. The molecule has 11 heteroatoms. The van der Waals surface area contributed by atoms with Gasteiger partial charge in [-0.2, -0.15) is 5.26 Å². The quantitative estimate of drug-likeness (QED) is 0.244. The van der Waals surface area contributed by atoms with Crippen molar-refractivity contribution < 1.29 is 23.5 Å². The van der Waals surface area contributed by atoms with Crippen LogP contribution in [0.5, 0.6) is 5.75 Å². The zero-order valence-corrected chi connectivity index (χ0v) is 19.7. The molecule has 1 aromatic heterocycles. The second kappa shape index (κ2) is 11.7. The Hall–Kier alpha value is -4.26. The fourth-order valence-electron chi connectivity index (χ4n) is 2.82. The Morgan fingerprint density at radius 1 is 0.971 bits per heavy atom. The van der Waals surface area contributed by atoms with Crippen LogP contribution in [-0.2, 0) is 20.9 Å². The number of anilines is 2. The third-order valence-corrected chi connectivity index (χ3v) is 4.85. The maximum absolute atomic E-state index is 12.4. The van der Waals surface area contributed by atoms with Crippen LogP contribution >= 0.6 is 23.2 Å². The molecule has 0 saturated carbocycles. The van der Waals surface area contributed by atoms with Gasteiger partial charge >= 0.3 is 11.8 Å². The molecule has 0 fully saturated rings. The van der Waals surface area contributed by atoms with Crippen LogP contribution in [0.3, 0.4) is 0 Å². The minimum absolute atomic E-state index is 0.103. The normalized spacial score (nSPS) is 10.7. The van der Waals surface area contributed by atoms with Crippen molar-refractivity contribution in [1.29, 1.82) is 5.26 Å². The number of halogens is 2. The molecule has 0 radical (unpaired) electrons. The molecule has 2 aromatic carbocycles. The third-order valence-electron chi connectivity index (χ3n) is 4.41. The molecule has 3 N–H and O–H groups in total. The van der Waals surface area contributed by atoms with E-state index in [1.54, 1.807) is 24.3 Å². The molecular formula is C24H18Cl2N4O5. The molecule has 0 bridgehead atoms. The number of nitrogens with one attached hydrogen (secondary N) is 3. The number of hydrogen-bond donors (Lipinski definition) is 3. The molecule has 0 atom stereocenters. The van der Waals surface area contributed by atoms with Crippen molar-refractivity contribution in [3.63, 3.8) is 0 Å². The first-order chi connectivity index (χ1) is 16.8. The summed E-state index contributed by atoms with van der Waals surface area (Å²) < 4.78 is 10.6. The summed E-state index contributed by atoms with van der Waals surface area (Å²) in [5.41, 5.74) is 0.526. The Bertz CT molecular complexity index is 1320. The van der Waals surface area contributed by atoms with E-state index in [1.807, 2.05) is 6.07 Å². The zero-order valence-electron chi connectivity index (χ0n) is 18.2. The summed E-state index contributed by atoms with van der Waals surface area (Å²) in [6, 6.07) is 15.9. The first-order valence-electron chi connectivity index (χ1n) is 9.98. The van der Waals surface area contributed by atoms with Gasteiger partial charge in [0.25, 0.3) is 5.91 Å². The number of benzene rings is 2. The smallest absolute Gasteiger partial charge is 0.313 e. The number of furan rings is 1. The summed E-state index contributed by atoms with van der Waals surface area (Å²) in [5.74, 6) is -1.41. The third kappa shape index (κ3) is 7.37. The summed E-state index contributed by atoms with van der Waals surface area (Å²) in [7, 11) is 1.50. The van der Waals surface area contributed by atoms with E-state index in [2.05, 4.69) is 16.0 Å². The second-order valence-corrected chi connectivity index (χ2v) is 7.83. The van der Waals surface area contributed by atoms with E-state index < -0.39 is 17.7 Å². The highest BCUT2D eigenvalue weighted by molar-refractivity contribution is 6.40. The van der Waals surface area contributed by atoms with Crippen molar-refractivity contribution in [3.05, 3.63) is 81.7 Å². The summed E-state index contributed by atoms with van der Waals surface area (Å²) in [6.07, 6.45) is 1.26. The van der Waals surface area contributed by atoms with E-state index in [0.29, 0.717) is 27.2 Å². The molecular weight excluding hydrogens is 495 g/mol. The number of hydrogen-bond acceptors (Lipinski definition) is 6. The molecule has 0 aliphatic heterocycles. The van der Waals surface area contributed by atoms with E-state index in [1.165, 1.54) is 43.5 Å². The topological polar surface area (TPSA) is 133 Å². The van der Waals surface area contributed by atoms with Gasteiger partial charge in [0.2, 0.25) is 0 Å². The van der Waals surface area contributed by atoms with Gasteiger partial charge in [-0.25, -0.2) is 0 Å². The number of nitriles is 1. The SMILES string of the molecule is COc1cccc(NC(=O)/C(C#N)=C\c2ccc(CNC(=O)C(=O)Nc3cc(Cl)cc(Cl)c3)o2)c1. The average Bonchev–Trinajstić information content (AvgIpc) is 3.27. The van der Waals surface area contributed by atoms with E-state index in [-0.39, 0.29) is 23.6 Å². The molecule has 0 unspecified atom stereocenters. The maximum atomic E-state index is 12.4. The lowest BCUT2D eigenvalue weighted by molar-refractivity contribution is -0.136. The van der Waals surface area contributed by atoms with Gasteiger partial charge in [0.05, 0.1) is 13.7 Å². The maximum Gasteiger partial charge on any atom is 0.313 e. The van der Waals surface area contributed by atoms with Crippen LogP contribution in [0.4, 0.5) is 11.4 Å². The van der Waals surface area contributed by atoms with Crippen molar-refractivity contribution in [3.8, 4) is 11.8 Å². The monoisotopic (exact) mass is 512 g/mol. The van der Waals surface area contributed by atoms with Crippen molar-refractivity contribution in [2.24, 2.45) is 0 Å². The predicted octanol–water partition coefficient (Wildman–Crippen LogP) is 4.40. The van der Waals surface area contributed by atoms with Crippen molar-refractivity contribution in [2.45, 2.75) is 6.54 Å². The number of amides is 3. The van der Waals surface area contributed by atoms with Gasteiger partial charge < -0.3 is 25.1 Å². The number of ether oxygens (including phenoxy) is 1. The van der Waals surface area contributed by atoms with Crippen LogP contribution < -0.4 is 20.7 Å². The van der Waals surface area contributed by atoms with Crippen LogP contribution in [0.2, 0.25) is 10.0 Å². The van der Waals surface area contributed by atoms with Crippen LogP contribution in [-0.4, -0.2) is 24.8 Å². The largest absolute Gasteiger partial charge is 0.497 e. The molecule has 3 amide bonds. The zero-order chi connectivity index (χ0) is 25.4. The molecule has 1 heterocycles. The van der Waals surface area contributed by atoms with Gasteiger partial charge in [0.1, 0.15) is 28.9 Å². The van der Waals surface area contributed by atoms with Gasteiger partial charge in [-0.15, -0.1) is 0 Å². The van der Waals surface area contributed by atoms with Crippen LogP contribution in [0.25, 0.3) is 6.08 Å². The minimum atomic E-state index is -0.920. The number of carbonyl (C=O) groups excluding carboxylic acids is 3. The van der Waals surface area contributed by atoms with Gasteiger partial charge in [0.15, 0.2) is 0 Å². The van der Waals surface area contributed by atoms with Gasteiger partial charge in [-0.05, 0) is 42.5 Å². The first-order valence-corrected chi connectivity index (χ1v) is 10.7. The van der Waals surface area contributed by atoms with Crippen LogP contribution in [0, 0.1) is 11.3 Å². The average molecular weight is 513 g/mol. The van der Waals surface area contributed by atoms with Gasteiger partial charge in [-0.1, -0.05) is 29.3 Å². The molecule has 9 nitrogen and oxygen atoms in total. The summed E-state index contributed by atoms with van der Waals surface area (Å²) in [5, 5.41) is 17.4. The van der Waals surface area contributed by atoms with Gasteiger partial charge in [0, 0.05) is 33.6 Å². The van der Waals surface area contributed by atoms with E-state index in [4.69, 9.17) is 32.4 Å². The van der Waals surface area contributed by atoms with Crippen molar-refractivity contribution >= 4 is 58.4 Å². The fourth-order valence-corrected chi connectivity index (χ4v) is 3.34. The van der Waals surface area contributed by atoms with E-state index in [0.717, 1.165) is 0 Å². The summed E-state index contributed by atoms with van der Waals surface area (Å²) in [4.78, 5) is 36.6. The number of methoxy groups -OCH3 is 1. The lowest BCUT2D eigenvalue weighted by atomic mass is 10.2. The molecule has 0 spiro atoms. The molecule has 0 aliphatic carbocycles. The Labute approximate surface area is 210 Å². The summed E-state index contributed by atoms with van der Waals surface area (Å²) in [6.45, 7) is -0.103. The van der Waals surface area contributed by atoms with Crippen LogP contribution in [0.1, 0.15) is 11.5 Å². The molecule has 0 saturated heterocycles. The summed E-state index contributed by atoms with van der Waals surface area (Å²) >= 11 is 11.7. The number of carbonyl (C=O) groups is 3. The van der Waals surface area contributed by atoms with Crippen molar-refractivity contribution in [2.75, 3.05) is 17.7 Å². The first kappa shape index (κ1) is 25.4. The van der Waals surface area contributed by atoms with Crippen molar-refractivity contribution in [1.82, 2.24) is 5.32 Å². The highest BCUT2D eigenvalue weighted by Gasteiger charge is 2.16. The van der Waals surface area contributed by atoms with Crippen LogP contribution in [0.15, 0.2) is 64.6 Å². The molecule has 3 aromatic rings. The minimum Gasteiger partial charge on any atom is -0.497 e. The fraction of sp³-hybridized carbons (Fsp3) is 0.0833. The Kier molecular flexibility index (Phi) is 8.51. The number of rotatable bonds is 7. The van der Waals surface area contributed by atoms with E-state index >= 15 is 0 Å².